The fraction of sp³-hybridized carbons (Fsp3) is 0.500. The minimum absolute atomic E-state index is 0.114. The maximum Gasteiger partial charge on any atom is 0.243 e. The van der Waals surface area contributed by atoms with Crippen LogP contribution in [0.5, 0.6) is 0 Å². The van der Waals surface area contributed by atoms with Crippen molar-refractivity contribution in [1.29, 1.82) is 0 Å². The molecule has 0 saturated carbocycles. The van der Waals surface area contributed by atoms with Crippen molar-refractivity contribution in [3.05, 3.63) is 47.9 Å². The predicted octanol–water partition coefficient (Wildman–Crippen LogP) is 1.84. The van der Waals surface area contributed by atoms with Gasteiger partial charge in [-0.15, -0.1) is 0 Å². The molecule has 8 nitrogen and oxygen atoms in total. The lowest BCUT2D eigenvalue weighted by Crippen LogP contribution is -2.52. The molecule has 2 fully saturated rings. The Morgan fingerprint density at radius 1 is 0.935 bits per heavy atom. The summed E-state index contributed by atoms with van der Waals surface area (Å²) in [7, 11) is -3.49. The highest BCUT2D eigenvalue weighted by Gasteiger charge is 2.34. The lowest BCUT2D eigenvalue weighted by molar-refractivity contribution is -0.137. The Morgan fingerprint density at radius 3 is 2.19 bits per heavy atom. The number of rotatable bonds is 4. The number of anilines is 1. The van der Waals surface area contributed by atoms with Crippen molar-refractivity contribution in [3.63, 3.8) is 0 Å². The Kier molecular flexibility index (Phi) is 6.24. The third-order valence-electron chi connectivity index (χ3n) is 6.05. The Bertz CT molecular complexity index is 1010. The molecule has 2 aliphatic heterocycles. The highest BCUT2D eigenvalue weighted by atomic mass is 32.2. The van der Waals surface area contributed by atoms with Crippen molar-refractivity contribution in [2.24, 2.45) is 5.92 Å². The Morgan fingerprint density at radius 2 is 1.58 bits per heavy atom. The lowest BCUT2D eigenvalue weighted by Gasteiger charge is -2.38. The molecule has 3 heterocycles. The van der Waals surface area contributed by atoms with Gasteiger partial charge in [-0.05, 0) is 38.8 Å². The maximum atomic E-state index is 13.0. The van der Waals surface area contributed by atoms with E-state index in [1.807, 2.05) is 24.8 Å². The summed E-state index contributed by atoms with van der Waals surface area (Å²) in [6.45, 7) is 7.40. The maximum absolute atomic E-state index is 13.0. The number of sulfonamides is 1. The van der Waals surface area contributed by atoms with Gasteiger partial charge in [0, 0.05) is 56.9 Å². The van der Waals surface area contributed by atoms with E-state index >= 15 is 0 Å². The number of aromatic nitrogens is 2. The van der Waals surface area contributed by atoms with Gasteiger partial charge in [-0.1, -0.05) is 18.2 Å². The van der Waals surface area contributed by atoms with Crippen LogP contribution >= 0.6 is 0 Å². The monoisotopic (exact) mass is 443 g/mol. The second-order valence-electron chi connectivity index (χ2n) is 8.22. The molecule has 2 aromatic rings. The van der Waals surface area contributed by atoms with Gasteiger partial charge in [-0.3, -0.25) is 4.79 Å². The Labute approximate surface area is 183 Å². The third-order valence-corrected chi connectivity index (χ3v) is 7.96. The number of carbonyl (C=O) groups excluding carboxylic acids is 1. The molecule has 166 valence electrons. The standard InChI is InChI=1S/C22H29N5O3S/c1-17-16-21(24-18(2)23-17)25-12-14-26(15-13-25)22(28)19-8-10-27(11-9-19)31(29,30)20-6-4-3-5-7-20/h3-7,16,19H,8-15H2,1-2H3. The van der Waals surface area contributed by atoms with Crippen LogP contribution in [0.15, 0.2) is 41.3 Å². The summed E-state index contributed by atoms with van der Waals surface area (Å²) in [6.07, 6.45) is 1.13. The molecule has 0 N–H and O–H groups in total. The molecular weight excluding hydrogens is 414 g/mol. The van der Waals surface area contributed by atoms with Gasteiger partial charge in [0.15, 0.2) is 0 Å². The van der Waals surface area contributed by atoms with E-state index in [0.29, 0.717) is 43.9 Å². The fourth-order valence-corrected chi connectivity index (χ4v) is 5.85. The molecule has 0 bridgehead atoms. The van der Waals surface area contributed by atoms with Crippen molar-refractivity contribution in [3.8, 4) is 0 Å². The number of aryl methyl sites for hydroxylation is 2. The van der Waals surface area contributed by atoms with E-state index in [2.05, 4.69) is 14.9 Å². The first-order valence-corrected chi connectivity index (χ1v) is 12.2. The molecule has 0 unspecified atom stereocenters. The molecule has 0 atom stereocenters. The van der Waals surface area contributed by atoms with Gasteiger partial charge in [-0.2, -0.15) is 4.31 Å². The van der Waals surface area contributed by atoms with E-state index in [0.717, 1.165) is 30.4 Å². The van der Waals surface area contributed by atoms with Crippen LogP contribution < -0.4 is 4.90 Å². The molecule has 1 aromatic heterocycles. The summed E-state index contributed by atoms with van der Waals surface area (Å²) in [6, 6.07) is 10.5. The Balaban J connectivity index is 1.31. The summed E-state index contributed by atoms with van der Waals surface area (Å²) < 4.78 is 27.1. The number of carbonyl (C=O) groups is 1. The van der Waals surface area contributed by atoms with Crippen molar-refractivity contribution in [2.75, 3.05) is 44.2 Å². The van der Waals surface area contributed by atoms with Gasteiger partial charge in [-0.25, -0.2) is 18.4 Å². The second kappa shape index (κ2) is 8.92. The van der Waals surface area contributed by atoms with Gasteiger partial charge < -0.3 is 9.80 Å². The molecule has 0 spiro atoms. The average Bonchev–Trinajstić information content (AvgIpc) is 2.79. The van der Waals surface area contributed by atoms with Crippen LogP contribution in [0.4, 0.5) is 5.82 Å². The van der Waals surface area contributed by atoms with Crippen LogP contribution in [0.3, 0.4) is 0 Å². The van der Waals surface area contributed by atoms with Crippen molar-refractivity contribution >= 4 is 21.7 Å². The van der Waals surface area contributed by atoms with Gasteiger partial charge in [0.25, 0.3) is 0 Å². The van der Waals surface area contributed by atoms with Gasteiger partial charge in [0.1, 0.15) is 11.6 Å². The van der Waals surface area contributed by atoms with Crippen LogP contribution in [0, 0.1) is 19.8 Å². The SMILES string of the molecule is Cc1cc(N2CCN(C(=O)C3CCN(S(=O)(=O)c4ccccc4)CC3)CC2)nc(C)n1. The molecule has 1 amide bonds. The first kappa shape index (κ1) is 21.7. The molecule has 4 rings (SSSR count). The van der Waals surface area contributed by atoms with E-state index in [1.54, 1.807) is 30.3 Å². The highest BCUT2D eigenvalue weighted by molar-refractivity contribution is 7.89. The molecule has 0 radical (unpaired) electrons. The topological polar surface area (TPSA) is 86.7 Å². The molecule has 9 heteroatoms. The number of nitrogens with zero attached hydrogens (tertiary/aromatic N) is 5. The largest absolute Gasteiger partial charge is 0.353 e. The number of amides is 1. The van der Waals surface area contributed by atoms with Crippen LogP contribution in [0.25, 0.3) is 0 Å². The smallest absolute Gasteiger partial charge is 0.243 e. The third kappa shape index (κ3) is 4.72. The van der Waals surface area contributed by atoms with Crippen LogP contribution in [-0.2, 0) is 14.8 Å². The zero-order chi connectivity index (χ0) is 22.0. The van der Waals surface area contributed by atoms with Gasteiger partial charge >= 0.3 is 0 Å². The summed E-state index contributed by atoms with van der Waals surface area (Å²) in [5.41, 5.74) is 0.943. The summed E-state index contributed by atoms with van der Waals surface area (Å²) in [5, 5.41) is 0. The predicted molar refractivity (Wildman–Crippen MR) is 118 cm³/mol. The van der Waals surface area contributed by atoms with E-state index in [-0.39, 0.29) is 11.8 Å². The highest BCUT2D eigenvalue weighted by Crippen LogP contribution is 2.26. The zero-order valence-corrected chi connectivity index (χ0v) is 18.9. The number of hydrogen-bond donors (Lipinski definition) is 0. The van der Waals surface area contributed by atoms with Crippen molar-refractivity contribution in [2.45, 2.75) is 31.6 Å². The lowest BCUT2D eigenvalue weighted by atomic mass is 9.96. The second-order valence-corrected chi connectivity index (χ2v) is 10.2. The number of hydrogen-bond acceptors (Lipinski definition) is 6. The summed E-state index contributed by atoms with van der Waals surface area (Å²) in [5.74, 6) is 1.70. The molecule has 31 heavy (non-hydrogen) atoms. The van der Waals surface area contributed by atoms with E-state index in [1.165, 1.54) is 4.31 Å². The van der Waals surface area contributed by atoms with E-state index < -0.39 is 10.0 Å². The average molecular weight is 444 g/mol. The quantitative estimate of drug-likeness (QED) is 0.717. The van der Waals surface area contributed by atoms with E-state index in [4.69, 9.17) is 0 Å². The fourth-order valence-electron chi connectivity index (χ4n) is 4.36. The van der Waals surface area contributed by atoms with Crippen LogP contribution in [0.1, 0.15) is 24.4 Å². The minimum atomic E-state index is -3.49. The number of piperazine rings is 1. The zero-order valence-electron chi connectivity index (χ0n) is 18.1. The van der Waals surface area contributed by atoms with Gasteiger partial charge in [0.2, 0.25) is 15.9 Å². The number of benzene rings is 1. The summed E-state index contributed by atoms with van der Waals surface area (Å²) >= 11 is 0. The minimum Gasteiger partial charge on any atom is -0.353 e. The molecule has 2 aliphatic rings. The van der Waals surface area contributed by atoms with Crippen molar-refractivity contribution in [1.82, 2.24) is 19.2 Å². The van der Waals surface area contributed by atoms with Gasteiger partial charge in [0.05, 0.1) is 4.90 Å². The first-order valence-electron chi connectivity index (χ1n) is 10.8. The normalized spacial score (nSPS) is 18.9. The number of piperidine rings is 1. The molecular formula is C22H29N5O3S. The van der Waals surface area contributed by atoms with Crippen LogP contribution in [0.2, 0.25) is 0 Å². The Hall–Kier alpha value is -2.52. The van der Waals surface area contributed by atoms with E-state index in [9.17, 15) is 13.2 Å². The molecule has 0 aliphatic carbocycles. The molecule has 1 aromatic carbocycles. The van der Waals surface area contributed by atoms with Crippen molar-refractivity contribution < 1.29 is 13.2 Å². The first-order chi connectivity index (χ1) is 14.8. The molecule has 2 saturated heterocycles. The summed E-state index contributed by atoms with van der Waals surface area (Å²) in [4.78, 5) is 26.3. The van der Waals surface area contributed by atoms with Crippen LogP contribution in [-0.4, -0.2) is 72.8 Å².